The number of amides is 8. The molecule has 29 heteroatoms. The molecule has 0 aliphatic carbocycles. The van der Waals surface area contributed by atoms with Gasteiger partial charge in [-0.05, 0) is 104 Å². The first-order valence-corrected chi connectivity index (χ1v) is 29.4. The number of hydrogen-bond donors (Lipinski definition) is 18. The zero-order valence-corrected chi connectivity index (χ0v) is 50.7. The number of carboxylic acids is 2. The number of aromatic amines is 1. The number of nitrogens with one attached hydrogen (secondary N) is 9. The fraction of sp³-hybridized carbons (Fsp3) is 0.403. The van der Waals surface area contributed by atoms with E-state index in [-0.39, 0.29) is 74.7 Å². The van der Waals surface area contributed by atoms with Gasteiger partial charge >= 0.3 is 11.9 Å². The molecule has 0 aliphatic heterocycles. The van der Waals surface area contributed by atoms with Crippen molar-refractivity contribution in [2.75, 3.05) is 6.54 Å². The maximum atomic E-state index is 15.1. The van der Waals surface area contributed by atoms with E-state index >= 15 is 9.59 Å². The van der Waals surface area contributed by atoms with E-state index in [9.17, 15) is 69.0 Å². The number of aliphatic hydroxyl groups excluding tert-OH is 1. The molecule has 0 fully saturated rings. The number of carbonyl (C=O) groups is 10. The standard InChI is InChI=1S/C62H81N13O16/c1-5-32(2)51(61(90)91)74-53(82)33(3)68-60(89)52(34(4)76)75-59(88)48(29-37-16-22-41(79)23-17-37)72-58(87)49(30-38-31-67-44-10-7-6-9-42(38)44)73-55(84)45(11-8-26-66-62(64)65)69-56(85)47(28-36-14-20-40(78)21-15-36)71-57(86)46(27-35-12-18-39(77)19-13-35)70-54(83)43(63)24-25-50(80)81/h6-7,9-10,12-23,31-34,43,45-49,51-52,67,76-79H,5,8,11,24-30,63H2,1-4H3,(H,68,89)(H,69,85)(H,70,83)(H,71,86)(H,72,87)(H,73,84)(H,74,82)(H,75,88)(H,80,81)(H,90,91)(H4,64,65,66)/t32-,33-,34+,43-,45-,46-,47-,48-,49-,51-,52-/m0/s1. The number of H-pyrrole nitrogens is 1. The van der Waals surface area contributed by atoms with Gasteiger partial charge in [0.15, 0.2) is 5.96 Å². The molecule has 91 heavy (non-hydrogen) atoms. The summed E-state index contributed by atoms with van der Waals surface area (Å²) >= 11 is 0. The van der Waals surface area contributed by atoms with Crippen molar-refractivity contribution >= 4 is 76.1 Å². The summed E-state index contributed by atoms with van der Waals surface area (Å²) in [5.41, 5.74) is 19.6. The number of nitrogens with two attached hydrogens (primary N) is 3. The molecule has 0 bridgehead atoms. The lowest BCUT2D eigenvalue weighted by Crippen LogP contribution is -2.62. The van der Waals surface area contributed by atoms with E-state index in [1.807, 2.05) is 0 Å². The van der Waals surface area contributed by atoms with Crippen LogP contribution in [-0.2, 0) is 73.6 Å². The molecule has 0 unspecified atom stereocenters. The van der Waals surface area contributed by atoms with Crippen molar-refractivity contribution < 1.29 is 78.6 Å². The van der Waals surface area contributed by atoms with Gasteiger partial charge in [0, 0.05) is 55.7 Å². The smallest absolute Gasteiger partial charge is 0.326 e. The molecule has 8 amide bonds. The van der Waals surface area contributed by atoms with Crippen LogP contribution in [0.15, 0.2) is 108 Å². The summed E-state index contributed by atoms with van der Waals surface area (Å²) in [5, 5.41) is 81.3. The first-order chi connectivity index (χ1) is 43.1. The van der Waals surface area contributed by atoms with Crippen molar-refractivity contribution in [1.82, 2.24) is 47.5 Å². The molecular weight excluding hydrogens is 1180 g/mol. The summed E-state index contributed by atoms with van der Waals surface area (Å²) in [6.45, 7) is 5.74. The van der Waals surface area contributed by atoms with Crippen LogP contribution in [0.5, 0.6) is 17.2 Å². The number of aliphatic carboxylic acids is 2. The Kier molecular flexibility index (Phi) is 27.1. The van der Waals surface area contributed by atoms with E-state index in [2.05, 4.69) is 52.5 Å². The van der Waals surface area contributed by atoms with E-state index in [4.69, 9.17) is 17.2 Å². The zero-order chi connectivity index (χ0) is 67.1. The van der Waals surface area contributed by atoms with Crippen LogP contribution < -0.4 is 59.7 Å². The Morgan fingerprint density at radius 2 is 0.945 bits per heavy atom. The molecule has 29 nitrogen and oxygen atoms in total. The van der Waals surface area contributed by atoms with Gasteiger partial charge in [0.25, 0.3) is 0 Å². The molecule has 5 aromatic rings. The van der Waals surface area contributed by atoms with Crippen LogP contribution in [0.2, 0.25) is 0 Å². The largest absolute Gasteiger partial charge is 0.508 e. The lowest BCUT2D eigenvalue weighted by Gasteiger charge is -2.29. The molecule has 0 aliphatic rings. The third kappa shape index (κ3) is 22.7. The van der Waals surface area contributed by atoms with Gasteiger partial charge in [0.1, 0.15) is 65.6 Å². The number of aliphatic imine (C=N–C) groups is 1. The Morgan fingerprint density at radius 3 is 1.40 bits per heavy atom. The van der Waals surface area contributed by atoms with Crippen LogP contribution in [0, 0.1) is 5.92 Å². The number of fused-ring (bicyclic) bond motifs is 1. The Bertz CT molecular complexity index is 3360. The fourth-order valence-corrected chi connectivity index (χ4v) is 9.50. The average Bonchev–Trinajstić information content (AvgIpc) is 3.77. The SMILES string of the molecule is CC[C@H](C)[C@H](NC(=O)[C@H](C)NC(=O)[C@@H](NC(=O)[C@H](Cc1ccc(O)cc1)NC(=O)[C@H](Cc1c[nH]c2ccccc12)NC(=O)[C@H](CCCN=C(N)N)NC(=O)[C@H](Cc1ccc(O)cc1)NC(=O)[C@H](Cc1ccc(O)cc1)NC(=O)[C@@H](N)CCC(=O)O)[C@@H](C)O)C(=O)O. The summed E-state index contributed by atoms with van der Waals surface area (Å²) < 4.78 is 0. The number of aromatic hydroxyl groups is 3. The average molecular weight is 1260 g/mol. The number of phenolic OH excluding ortho intramolecular Hbond substituents is 3. The number of carboxylic acid groups (broad SMARTS) is 2. The molecule has 11 atom stereocenters. The number of rotatable bonds is 35. The van der Waals surface area contributed by atoms with E-state index in [1.165, 1.54) is 86.6 Å². The Balaban J connectivity index is 1.51. The van der Waals surface area contributed by atoms with Crippen molar-refractivity contribution in [3.05, 3.63) is 126 Å². The third-order valence-electron chi connectivity index (χ3n) is 14.9. The second-order valence-electron chi connectivity index (χ2n) is 22.1. The topological polar surface area (TPSA) is 495 Å². The lowest BCUT2D eigenvalue weighted by molar-refractivity contribution is -0.144. The molecule has 0 radical (unpaired) electrons. The number of carbonyl (C=O) groups excluding carboxylic acids is 8. The summed E-state index contributed by atoms with van der Waals surface area (Å²) in [5.74, 6) is -11.4. The second-order valence-corrected chi connectivity index (χ2v) is 22.1. The molecule has 1 aromatic heterocycles. The highest BCUT2D eigenvalue weighted by molar-refractivity contribution is 5.99. The maximum Gasteiger partial charge on any atom is 0.326 e. The van der Waals surface area contributed by atoms with Gasteiger partial charge in [-0.15, -0.1) is 0 Å². The normalized spacial score (nSPS) is 14.7. The number of nitrogens with zero attached hydrogens (tertiary/aromatic N) is 1. The lowest BCUT2D eigenvalue weighted by atomic mass is 9.99. The first-order valence-electron chi connectivity index (χ1n) is 29.4. The summed E-state index contributed by atoms with van der Waals surface area (Å²) in [6, 6.07) is 10.2. The molecule has 1 heterocycles. The molecular formula is C62H81N13O16. The van der Waals surface area contributed by atoms with Crippen molar-refractivity contribution in [2.24, 2.45) is 28.1 Å². The zero-order valence-electron chi connectivity index (χ0n) is 50.7. The van der Waals surface area contributed by atoms with Crippen LogP contribution in [0.4, 0.5) is 0 Å². The summed E-state index contributed by atoms with van der Waals surface area (Å²) in [4.78, 5) is 145. The number of benzene rings is 4. The maximum absolute atomic E-state index is 15.1. The number of hydrogen-bond acceptors (Lipinski definition) is 16. The van der Waals surface area contributed by atoms with Crippen molar-refractivity contribution in [3.8, 4) is 17.2 Å². The fourth-order valence-electron chi connectivity index (χ4n) is 9.50. The van der Waals surface area contributed by atoms with Gasteiger partial charge in [-0.2, -0.15) is 0 Å². The minimum atomic E-state index is -1.78. The van der Waals surface area contributed by atoms with Gasteiger partial charge < -0.3 is 95.4 Å². The van der Waals surface area contributed by atoms with Crippen molar-refractivity contribution in [2.45, 2.75) is 146 Å². The highest BCUT2D eigenvalue weighted by Gasteiger charge is 2.37. The molecule has 21 N–H and O–H groups in total. The van der Waals surface area contributed by atoms with Gasteiger partial charge in [-0.25, -0.2) is 4.79 Å². The summed E-state index contributed by atoms with van der Waals surface area (Å²) in [7, 11) is 0. The van der Waals surface area contributed by atoms with Crippen molar-refractivity contribution in [3.63, 3.8) is 0 Å². The Morgan fingerprint density at radius 1 is 0.516 bits per heavy atom. The van der Waals surface area contributed by atoms with E-state index in [0.717, 1.165) is 0 Å². The number of phenols is 3. The Hall–Kier alpha value is -10.3. The minimum absolute atomic E-state index is 0.0324. The second kappa shape index (κ2) is 34.5. The predicted molar refractivity (Wildman–Crippen MR) is 332 cm³/mol. The third-order valence-corrected chi connectivity index (χ3v) is 14.9. The monoisotopic (exact) mass is 1260 g/mol. The number of para-hydroxylation sites is 1. The molecule has 5 rings (SSSR count). The van der Waals surface area contributed by atoms with Gasteiger partial charge in [0.05, 0.1) is 12.1 Å². The molecule has 0 spiro atoms. The molecule has 490 valence electrons. The van der Waals surface area contributed by atoms with Gasteiger partial charge in [-0.3, -0.25) is 48.1 Å². The molecule has 0 saturated carbocycles. The summed E-state index contributed by atoms with van der Waals surface area (Å²) in [6.07, 6.45) is -1.67. The van der Waals surface area contributed by atoms with E-state index in [1.54, 1.807) is 44.3 Å². The highest BCUT2D eigenvalue weighted by atomic mass is 16.4. The van der Waals surface area contributed by atoms with E-state index < -0.39 is 132 Å². The minimum Gasteiger partial charge on any atom is -0.508 e. The number of guanidine groups is 1. The van der Waals surface area contributed by atoms with Crippen molar-refractivity contribution in [1.29, 1.82) is 0 Å². The highest BCUT2D eigenvalue weighted by Crippen LogP contribution is 2.21. The van der Waals surface area contributed by atoms with Gasteiger partial charge in [0.2, 0.25) is 47.3 Å². The van der Waals surface area contributed by atoms with Crippen LogP contribution in [0.3, 0.4) is 0 Å². The Labute approximate surface area is 523 Å². The van der Waals surface area contributed by atoms with Crippen LogP contribution in [0.1, 0.15) is 82.1 Å². The molecule has 4 aromatic carbocycles. The first kappa shape index (κ1) is 71.5. The van der Waals surface area contributed by atoms with Crippen LogP contribution in [0.25, 0.3) is 10.9 Å². The number of aliphatic hydroxyl groups is 1. The van der Waals surface area contributed by atoms with E-state index in [0.29, 0.717) is 39.6 Å². The molecule has 0 saturated heterocycles. The van der Waals surface area contributed by atoms with Gasteiger partial charge in [-0.1, -0.05) is 74.9 Å². The quantitative estimate of drug-likeness (QED) is 0.0134. The van der Waals surface area contributed by atoms with Crippen LogP contribution in [-0.4, -0.2) is 168 Å². The van der Waals surface area contributed by atoms with Crippen LogP contribution >= 0.6 is 0 Å². The number of aromatic nitrogens is 1. The predicted octanol–water partition coefficient (Wildman–Crippen LogP) is -0.789.